The SMILES string of the molecule is CCN(CC)C(C)c1c(C)[nH]c(/C=C2/C(=O)NN=C2OC(C)C)c1C. The first-order chi connectivity index (χ1) is 11.8. The fraction of sp³-hybridized carbons (Fsp3) is 0.579. The molecule has 1 aromatic rings. The summed E-state index contributed by atoms with van der Waals surface area (Å²) in [4.78, 5) is 18.0. The molecular formula is C19H30N4O2. The number of rotatable bonds is 6. The van der Waals surface area contributed by atoms with Gasteiger partial charge in [0.25, 0.3) is 5.91 Å². The Kier molecular flexibility index (Phi) is 6.06. The lowest BCUT2D eigenvalue weighted by Gasteiger charge is -2.27. The van der Waals surface area contributed by atoms with Gasteiger partial charge in [0.05, 0.1) is 6.10 Å². The summed E-state index contributed by atoms with van der Waals surface area (Å²) in [5, 5.41) is 3.99. The summed E-state index contributed by atoms with van der Waals surface area (Å²) in [6, 6.07) is 0.316. The number of ether oxygens (including phenoxy) is 1. The number of H-pyrrole nitrogens is 1. The minimum atomic E-state index is -0.236. The molecule has 0 radical (unpaired) electrons. The van der Waals surface area contributed by atoms with Gasteiger partial charge in [0.15, 0.2) is 0 Å². The smallest absolute Gasteiger partial charge is 0.277 e. The molecule has 0 aliphatic carbocycles. The predicted octanol–water partition coefficient (Wildman–Crippen LogP) is 3.29. The Morgan fingerprint density at radius 1 is 1.20 bits per heavy atom. The molecule has 1 aliphatic rings. The van der Waals surface area contributed by atoms with Crippen molar-refractivity contribution in [1.29, 1.82) is 0 Å². The number of carbonyl (C=O) groups excluding carboxylic acids is 1. The van der Waals surface area contributed by atoms with Crippen LogP contribution in [0.15, 0.2) is 10.7 Å². The highest BCUT2D eigenvalue weighted by Gasteiger charge is 2.27. The fourth-order valence-corrected chi connectivity index (χ4v) is 3.42. The lowest BCUT2D eigenvalue weighted by Crippen LogP contribution is -2.27. The second kappa shape index (κ2) is 7.87. The molecular weight excluding hydrogens is 316 g/mol. The Morgan fingerprint density at radius 3 is 2.40 bits per heavy atom. The Bertz CT molecular complexity index is 697. The highest BCUT2D eigenvalue weighted by molar-refractivity contribution is 6.24. The number of amides is 1. The average molecular weight is 346 g/mol. The van der Waals surface area contributed by atoms with Crippen LogP contribution in [-0.4, -0.2) is 40.9 Å². The Labute approximate surface area is 150 Å². The second-order valence-corrected chi connectivity index (χ2v) is 6.68. The fourth-order valence-electron chi connectivity index (χ4n) is 3.42. The van der Waals surface area contributed by atoms with Crippen LogP contribution in [0.4, 0.5) is 0 Å². The van der Waals surface area contributed by atoms with E-state index in [1.54, 1.807) is 0 Å². The van der Waals surface area contributed by atoms with Crippen LogP contribution in [0.2, 0.25) is 0 Å². The van der Waals surface area contributed by atoms with Crippen LogP contribution in [0.3, 0.4) is 0 Å². The summed E-state index contributed by atoms with van der Waals surface area (Å²) in [6.45, 7) is 16.6. The van der Waals surface area contributed by atoms with Gasteiger partial charge in [-0.25, -0.2) is 5.43 Å². The van der Waals surface area contributed by atoms with Crippen molar-refractivity contribution in [3.8, 4) is 0 Å². The van der Waals surface area contributed by atoms with Gasteiger partial charge < -0.3 is 9.72 Å². The molecule has 1 aromatic heterocycles. The molecule has 1 atom stereocenters. The van der Waals surface area contributed by atoms with E-state index in [-0.39, 0.29) is 12.0 Å². The number of aryl methyl sites for hydroxylation is 1. The zero-order valence-electron chi connectivity index (χ0n) is 16.4. The quantitative estimate of drug-likeness (QED) is 0.777. The third kappa shape index (κ3) is 3.95. The van der Waals surface area contributed by atoms with Gasteiger partial charge in [-0.05, 0) is 64.9 Å². The molecule has 2 heterocycles. The highest BCUT2D eigenvalue weighted by atomic mass is 16.5. The van der Waals surface area contributed by atoms with E-state index in [0.29, 0.717) is 17.5 Å². The van der Waals surface area contributed by atoms with E-state index >= 15 is 0 Å². The molecule has 0 spiro atoms. The van der Waals surface area contributed by atoms with E-state index in [1.807, 2.05) is 19.9 Å². The van der Waals surface area contributed by atoms with Gasteiger partial charge in [0.1, 0.15) is 5.57 Å². The van der Waals surface area contributed by atoms with Gasteiger partial charge in [-0.3, -0.25) is 9.69 Å². The first-order valence-electron chi connectivity index (χ1n) is 8.99. The summed E-state index contributed by atoms with van der Waals surface area (Å²) >= 11 is 0. The lowest BCUT2D eigenvalue weighted by atomic mass is 10.0. The molecule has 6 heteroatoms. The molecule has 0 aromatic carbocycles. The summed E-state index contributed by atoms with van der Waals surface area (Å²) in [7, 11) is 0. The van der Waals surface area contributed by atoms with Gasteiger partial charge >= 0.3 is 0 Å². The van der Waals surface area contributed by atoms with Gasteiger partial charge in [-0.15, -0.1) is 5.10 Å². The molecule has 138 valence electrons. The number of nitrogens with one attached hydrogen (secondary N) is 2. The van der Waals surface area contributed by atoms with E-state index in [4.69, 9.17) is 4.74 Å². The number of aromatic amines is 1. The first kappa shape index (κ1) is 19.2. The maximum absolute atomic E-state index is 12.1. The standard InChI is InChI=1S/C19H30N4O2/c1-8-23(9-2)14(7)17-12(5)16(20-13(17)6)10-15-18(24)21-22-19(15)25-11(3)4/h10-11,14,20H,8-9H2,1-7H3,(H,21,24)/b15-10-. The van der Waals surface area contributed by atoms with Gasteiger partial charge in [-0.1, -0.05) is 13.8 Å². The molecule has 1 amide bonds. The van der Waals surface area contributed by atoms with Crippen molar-refractivity contribution in [3.63, 3.8) is 0 Å². The van der Waals surface area contributed by atoms with Crippen LogP contribution in [0.5, 0.6) is 0 Å². The Hall–Kier alpha value is -2.08. The number of hydrazone groups is 1. The zero-order valence-corrected chi connectivity index (χ0v) is 16.4. The zero-order chi connectivity index (χ0) is 18.7. The molecule has 0 saturated carbocycles. The number of carbonyl (C=O) groups is 1. The molecule has 0 bridgehead atoms. The monoisotopic (exact) mass is 346 g/mol. The molecule has 0 saturated heterocycles. The average Bonchev–Trinajstić information content (AvgIpc) is 3.01. The van der Waals surface area contributed by atoms with Crippen molar-refractivity contribution in [2.75, 3.05) is 13.1 Å². The van der Waals surface area contributed by atoms with E-state index in [2.05, 4.69) is 55.0 Å². The van der Waals surface area contributed by atoms with Crippen molar-refractivity contribution in [1.82, 2.24) is 15.3 Å². The largest absolute Gasteiger partial charge is 0.473 e. The minimum absolute atomic E-state index is 0.0421. The first-order valence-corrected chi connectivity index (χ1v) is 8.99. The van der Waals surface area contributed by atoms with Crippen molar-refractivity contribution < 1.29 is 9.53 Å². The van der Waals surface area contributed by atoms with Crippen LogP contribution in [0.25, 0.3) is 6.08 Å². The second-order valence-electron chi connectivity index (χ2n) is 6.68. The number of nitrogens with zero attached hydrogens (tertiary/aromatic N) is 2. The highest BCUT2D eigenvalue weighted by Crippen LogP contribution is 2.30. The molecule has 1 unspecified atom stereocenters. The molecule has 25 heavy (non-hydrogen) atoms. The number of aromatic nitrogens is 1. The van der Waals surface area contributed by atoms with Crippen LogP contribution in [0.1, 0.15) is 63.2 Å². The Balaban J connectivity index is 2.40. The summed E-state index contributed by atoms with van der Waals surface area (Å²) < 4.78 is 5.64. The third-order valence-electron chi connectivity index (χ3n) is 4.68. The van der Waals surface area contributed by atoms with Crippen LogP contribution in [0, 0.1) is 13.8 Å². The Morgan fingerprint density at radius 2 is 1.84 bits per heavy atom. The van der Waals surface area contributed by atoms with Crippen molar-refractivity contribution >= 4 is 17.9 Å². The van der Waals surface area contributed by atoms with E-state index in [9.17, 15) is 4.79 Å². The maximum Gasteiger partial charge on any atom is 0.277 e. The molecule has 1 aliphatic heterocycles. The van der Waals surface area contributed by atoms with Gasteiger partial charge in [-0.2, -0.15) is 0 Å². The molecule has 2 N–H and O–H groups in total. The molecule has 0 fully saturated rings. The minimum Gasteiger partial charge on any atom is -0.473 e. The van der Waals surface area contributed by atoms with Gasteiger partial charge in [0, 0.05) is 17.4 Å². The van der Waals surface area contributed by atoms with Crippen molar-refractivity contribution in [3.05, 3.63) is 28.1 Å². The molecule has 6 nitrogen and oxygen atoms in total. The lowest BCUT2D eigenvalue weighted by molar-refractivity contribution is -0.116. The maximum atomic E-state index is 12.1. The molecule has 2 rings (SSSR count). The normalized spacial score (nSPS) is 17.4. The summed E-state index contributed by atoms with van der Waals surface area (Å²) in [6.07, 6.45) is 1.80. The number of hydrogen-bond donors (Lipinski definition) is 2. The number of hydrogen-bond acceptors (Lipinski definition) is 4. The summed E-state index contributed by atoms with van der Waals surface area (Å²) in [5.41, 5.74) is 7.45. The predicted molar refractivity (Wildman–Crippen MR) is 101 cm³/mol. The summed E-state index contributed by atoms with van der Waals surface area (Å²) in [5.74, 6) is 0.116. The van der Waals surface area contributed by atoms with Crippen molar-refractivity contribution in [2.45, 2.75) is 60.6 Å². The van der Waals surface area contributed by atoms with Crippen LogP contribution < -0.4 is 5.43 Å². The third-order valence-corrected chi connectivity index (χ3v) is 4.68. The topological polar surface area (TPSA) is 69.7 Å². The van der Waals surface area contributed by atoms with Gasteiger partial charge in [0.2, 0.25) is 5.90 Å². The van der Waals surface area contributed by atoms with Crippen molar-refractivity contribution in [2.24, 2.45) is 5.10 Å². The van der Waals surface area contributed by atoms with E-state index in [1.165, 1.54) is 5.56 Å². The van der Waals surface area contributed by atoms with Crippen LogP contribution in [-0.2, 0) is 9.53 Å². The van der Waals surface area contributed by atoms with E-state index in [0.717, 1.165) is 30.0 Å². The van der Waals surface area contributed by atoms with E-state index < -0.39 is 0 Å². The van der Waals surface area contributed by atoms with Crippen LogP contribution >= 0.6 is 0 Å².